The minimum atomic E-state index is -0.639. The summed E-state index contributed by atoms with van der Waals surface area (Å²) in [5.41, 5.74) is 2.55. The third kappa shape index (κ3) is 17.1. The molecule has 2 aromatic carbocycles. The van der Waals surface area contributed by atoms with Crippen LogP contribution >= 0.6 is 13.8 Å². The molecule has 0 spiro atoms. The molecule has 0 bridgehead atoms. The second-order valence-corrected chi connectivity index (χ2v) is 16.5. The maximum absolute atomic E-state index is 3.88. The Morgan fingerprint density at radius 1 is 0.500 bits per heavy atom. The maximum atomic E-state index is 3.88. The molecule has 0 radical (unpaired) electrons. The summed E-state index contributed by atoms with van der Waals surface area (Å²) in [6, 6.07) is 20.8. The fraction of sp³-hybridized carbons (Fsp3) is 0.300. The Morgan fingerprint density at radius 2 is 0.682 bits per heavy atom. The molecule has 0 aliphatic carbocycles. The largest absolute Gasteiger partial charge is 0.121 e. The Labute approximate surface area is 138 Å². The lowest BCUT2D eigenvalue weighted by Crippen LogP contribution is -1.73. The van der Waals surface area contributed by atoms with Crippen molar-refractivity contribution in [3.63, 3.8) is 0 Å². The van der Waals surface area contributed by atoms with Gasteiger partial charge in [-0.3, -0.25) is 0 Å². The summed E-state index contributed by atoms with van der Waals surface area (Å²) in [6.45, 7) is 11.8. The Balaban J connectivity index is 0.000000372. The van der Waals surface area contributed by atoms with Gasteiger partial charge in [-0.15, -0.1) is 26.4 Å². The first-order valence-electron chi connectivity index (χ1n) is 7.39. The van der Waals surface area contributed by atoms with Crippen LogP contribution in [0.4, 0.5) is 0 Å². The van der Waals surface area contributed by atoms with Crippen molar-refractivity contribution in [2.75, 3.05) is 40.0 Å². The quantitative estimate of drug-likeness (QED) is 0.561. The number of hydrogen-bond donors (Lipinski definition) is 0. The normalized spacial score (nSPS) is 10.6. The molecule has 2 aromatic rings. The van der Waals surface area contributed by atoms with Crippen molar-refractivity contribution < 1.29 is 0 Å². The molecule has 0 amide bonds. The van der Waals surface area contributed by atoms with Gasteiger partial charge >= 0.3 is 0 Å². The highest BCUT2D eigenvalue weighted by atomic mass is 31.2. The Bertz CT molecular complexity index is 527. The average molecular weight is 334 g/mol. The SMILES string of the molecule is C=P(C)(C)C.C=P(C)(C)C.c1ccc(-c2ccccc2)cc1. The van der Waals surface area contributed by atoms with Crippen LogP contribution in [-0.2, 0) is 0 Å². The van der Waals surface area contributed by atoms with Gasteiger partial charge < -0.3 is 0 Å². The van der Waals surface area contributed by atoms with Gasteiger partial charge in [0.05, 0.1) is 0 Å². The monoisotopic (exact) mass is 334 g/mol. The van der Waals surface area contributed by atoms with E-state index in [2.05, 4.69) is 101 Å². The van der Waals surface area contributed by atoms with Crippen molar-refractivity contribution in [2.45, 2.75) is 0 Å². The molecule has 2 rings (SSSR count). The van der Waals surface area contributed by atoms with Crippen molar-refractivity contribution in [2.24, 2.45) is 0 Å². The molecule has 0 unspecified atom stereocenters. The minimum Gasteiger partial charge on any atom is -0.121 e. The van der Waals surface area contributed by atoms with Gasteiger partial charge in [0.2, 0.25) is 0 Å². The van der Waals surface area contributed by atoms with E-state index in [1.54, 1.807) is 0 Å². The Morgan fingerprint density at radius 3 is 0.864 bits per heavy atom. The zero-order valence-corrected chi connectivity index (χ0v) is 16.9. The molecule has 0 fully saturated rings. The van der Waals surface area contributed by atoms with Crippen LogP contribution in [0.1, 0.15) is 0 Å². The van der Waals surface area contributed by atoms with Crippen LogP contribution in [0.25, 0.3) is 11.1 Å². The first-order chi connectivity index (χ1) is 9.97. The van der Waals surface area contributed by atoms with Crippen LogP contribution in [0.3, 0.4) is 0 Å². The summed E-state index contributed by atoms with van der Waals surface area (Å²) in [5.74, 6) is 0. The summed E-state index contributed by atoms with van der Waals surface area (Å²) in [4.78, 5) is 0. The summed E-state index contributed by atoms with van der Waals surface area (Å²) in [5, 5.41) is 0. The first kappa shape index (κ1) is 21.0. The van der Waals surface area contributed by atoms with Crippen LogP contribution in [0.15, 0.2) is 60.7 Å². The average Bonchev–Trinajstić information content (AvgIpc) is 2.37. The molecule has 0 aliphatic heterocycles. The molecule has 0 saturated heterocycles. The van der Waals surface area contributed by atoms with E-state index in [1.165, 1.54) is 11.1 Å². The third-order valence-corrected chi connectivity index (χ3v) is 1.88. The zero-order valence-electron chi connectivity index (χ0n) is 15.1. The lowest BCUT2D eigenvalue weighted by molar-refractivity contribution is 1.62. The fourth-order valence-corrected chi connectivity index (χ4v) is 1.26. The third-order valence-electron chi connectivity index (χ3n) is 1.88. The van der Waals surface area contributed by atoms with E-state index >= 15 is 0 Å². The van der Waals surface area contributed by atoms with Crippen LogP contribution in [-0.4, -0.2) is 52.6 Å². The minimum absolute atomic E-state index is 0.639. The first-order valence-corrected chi connectivity index (χ1v) is 14.0. The van der Waals surface area contributed by atoms with E-state index in [9.17, 15) is 0 Å². The summed E-state index contributed by atoms with van der Waals surface area (Å²) in [6.07, 6.45) is 7.76. The van der Waals surface area contributed by atoms with E-state index in [-0.39, 0.29) is 0 Å². The highest BCUT2D eigenvalue weighted by molar-refractivity contribution is 7.71. The van der Waals surface area contributed by atoms with E-state index in [0.29, 0.717) is 0 Å². The molecule has 122 valence electrons. The van der Waals surface area contributed by atoms with Crippen LogP contribution in [0, 0.1) is 0 Å². The number of rotatable bonds is 1. The van der Waals surface area contributed by atoms with Gasteiger partial charge in [0.1, 0.15) is 0 Å². The van der Waals surface area contributed by atoms with Crippen molar-refractivity contribution >= 4 is 26.4 Å². The van der Waals surface area contributed by atoms with E-state index in [4.69, 9.17) is 0 Å². The van der Waals surface area contributed by atoms with Crippen molar-refractivity contribution in [3.8, 4) is 11.1 Å². The second kappa shape index (κ2) is 9.94. The maximum Gasteiger partial charge on any atom is -0.0184 e. The fourth-order valence-electron chi connectivity index (χ4n) is 1.26. The van der Waals surface area contributed by atoms with Gasteiger partial charge in [0.15, 0.2) is 0 Å². The van der Waals surface area contributed by atoms with Crippen LogP contribution in [0.2, 0.25) is 0 Å². The second-order valence-electron chi connectivity index (χ2n) is 7.31. The summed E-state index contributed by atoms with van der Waals surface area (Å²) >= 11 is 0. The molecular formula is C20H32P2. The van der Waals surface area contributed by atoms with E-state index < -0.39 is 13.8 Å². The molecule has 0 N–H and O–H groups in total. The lowest BCUT2D eigenvalue weighted by atomic mass is 10.1. The Hall–Kier alpha value is -0.960. The molecule has 0 aliphatic rings. The van der Waals surface area contributed by atoms with Crippen molar-refractivity contribution in [3.05, 3.63) is 60.7 Å². The van der Waals surface area contributed by atoms with E-state index in [0.717, 1.165) is 0 Å². The van der Waals surface area contributed by atoms with Gasteiger partial charge in [0, 0.05) is 0 Å². The van der Waals surface area contributed by atoms with Gasteiger partial charge in [-0.25, -0.2) is 0 Å². The molecule has 0 saturated carbocycles. The molecule has 0 heterocycles. The molecule has 0 aromatic heterocycles. The zero-order chi connectivity index (χ0) is 17.2. The lowest BCUT2D eigenvalue weighted by Gasteiger charge is -1.98. The summed E-state index contributed by atoms with van der Waals surface area (Å²) in [7, 11) is 0. The molecule has 0 atom stereocenters. The van der Waals surface area contributed by atoms with Crippen molar-refractivity contribution in [1.29, 1.82) is 0 Å². The summed E-state index contributed by atoms with van der Waals surface area (Å²) < 4.78 is 0. The van der Waals surface area contributed by atoms with Gasteiger partial charge in [-0.1, -0.05) is 60.7 Å². The number of benzene rings is 2. The highest BCUT2D eigenvalue weighted by Gasteiger charge is 1.91. The highest BCUT2D eigenvalue weighted by Crippen LogP contribution is 2.28. The smallest absolute Gasteiger partial charge is 0.0184 e. The van der Waals surface area contributed by atoms with Gasteiger partial charge in [0.25, 0.3) is 0 Å². The van der Waals surface area contributed by atoms with Gasteiger partial charge in [-0.2, -0.15) is 0 Å². The Kier molecular flexibility index (Phi) is 9.50. The molecule has 22 heavy (non-hydrogen) atoms. The number of hydrogen-bond acceptors (Lipinski definition) is 0. The van der Waals surface area contributed by atoms with Crippen LogP contribution < -0.4 is 0 Å². The van der Waals surface area contributed by atoms with Gasteiger partial charge in [-0.05, 0) is 51.1 Å². The predicted molar refractivity (Wildman–Crippen MR) is 116 cm³/mol. The molecular weight excluding hydrogens is 302 g/mol. The predicted octanol–water partition coefficient (Wildman–Crippen LogP) is 6.00. The van der Waals surface area contributed by atoms with Crippen molar-refractivity contribution in [1.82, 2.24) is 0 Å². The standard InChI is InChI=1S/C12H10.2C4H11P/c1-3-7-11(8-4-1)12-9-5-2-6-10-12;2*1-5(2,3)4/h1-10H;2*1H2,2-4H3. The molecule has 0 nitrogen and oxygen atoms in total. The van der Waals surface area contributed by atoms with E-state index in [1.807, 2.05) is 12.1 Å². The topological polar surface area (TPSA) is 0 Å². The van der Waals surface area contributed by atoms with Crippen LogP contribution in [0.5, 0.6) is 0 Å². The molecule has 2 heteroatoms.